The summed E-state index contributed by atoms with van der Waals surface area (Å²) in [7, 11) is 0. The Morgan fingerprint density at radius 1 is 1.47 bits per heavy atom. The predicted molar refractivity (Wildman–Crippen MR) is 65.8 cm³/mol. The quantitative estimate of drug-likeness (QED) is 0.859. The minimum Gasteiger partial charge on any atom is -0.368 e. The molecule has 0 fully saturated rings. The fourth-order valence-electron chi connectivity index (χ4n) is 1.33. The number of hydrogen-bond acceptors (Lipinski definition) is 4. The van der Waals surface area contributed by atoms with E-state index in [0.29, 0.717) is 5.88 Å². The van der Waals surface area contributed by atoms with Crippen LogP contribution in [-0.2, 0) is 0 Å². The van der Waals surface area contributed by atoms with Gasteiger partial charge in [-0.3, -0.25) is 0 Å². The van der Waals surface area contributed by atoms with Gasteiger partial charge in [-0.15, -0.1) is 11.8 Å². The summed E-state index contributed by atoms with van der Waals surface area (Å²) in [5, 5.41) is 3.91. The Morgan fingerprint density at radius 2 is 2.27 bits per heavy atom. The Hall–Kier alpha value is -0.940. The minimum atomic E-state index is 0.327. The van der Waals surface area contributed by atoms with Gasteiger partial charge in [0.1, 0.15) is 5.69 Å². The van der Waals surface area contributed by atoms with E-state index in [2.05, 4.69) is 21.1 Å². The highest BCUT2D eigenvalue weighted by molar-refractivity contribution is 9.10. The zero-order chi connectivity index (χ0) is 10.8. The molecule has 0 atom stereocenters. The van der Waals surface area contributed by atoms with E-state index in [-0.39, 0.29) is 0 Å². The fourth-order valence-corrected chi connectivity index (χ4v) is 2.66. The second-order valence-electron chi connectivity index (χ2n) is 2.93. The van der Waals surface area contributed by atoms with Crippen molar-refractivity contribution in [3.05, 3.63) is 28.7 Å². The van der Waals surface area contributed by atoms with E-state index in [0.717, 1.165) is 20.6 Å². The third-order valence-corrected chi connectivity index (χ3v) is 3.42. The molecule has 0 unspecified atom stereocenters. The van der Waals surface area contributed by atoms with E-state index >= 15 is 0 Å². The first-order chi connectivity index (χ1) is 7.22. The summed E-state index contributed by atoms with van der Waals surface area (Å²) in [4.78, 5) is 1.14. The molecule has 5 heteroatoms. The van der Waals surface area contributed by atoms with E-state index in [9.17, 15) is 0 Å². The van der Waals surface area contributed by atoms with Crippen LogP contribution in [0.1, 0.15) is 0 Å². The molecule has 0 saturated heterocycles. The average molecular weight is 285 g/mol. The minimum absolute atomic E-state index is 0.327. The van der Waals surface area contributed by atoms with Gasteiger partial charge in [0, 0.05) is 21.0 Å². The van der Waals surface area contributed by atoms with Gasteiger partial charge < -0.3 is 10.3 Å². The normalized spacial score (nSPS) is 10.5. The molecule has 2 N–H and O–H groups in total. The highest BCUT2D eigenvalue weighted by Crippen LogP contribution is 2.36. The third kappa shape index (κ3) is 2.03. The number of nitrogens with zero attached hydrogens (tertiary/aromatic N) is 1. The van der Waals surface area contributed by atoms with Crippen molar-refractivity contribution in [1.82, 2.24) is 5.16 Å². The molecule has 0 saturated carbocycles. The molecular weight excluding hydrogens is 276 g/mol. The lowest BCUT2D eigenvalue weighted by molar-refractivity contribution is 0.439. The Bertz CT molecular complexity index is 484. The van der Waals surface area contributed by atoms with E-state index in [1.165, 1.54) is 0 Å². The zero-order valence-corrected chi connectivity index (χ0v) is 10.4. The molecule has 0 bridgehead atoms. The van der Waals surface area contributed by atoms with Crippen LogP contribution in [0.5, 0.6) is 0 Å². The molecular formula is C10H9BrN2OS. The van der Waals surface area contributed by atoms with Gasteiger partial charge in [0.15, 0.2) is 0 Å². The summed E-state index contributed by atoms with van der Waals surface area (Å²) in [6, 6.07) is 7.72. The molecule has 2 rings (SSSR count). The first-order valence-electron chi connectivity index (χ1n) is 4.27. The molecule has 3 nitrogen and oxygen atoms in total. The monoisotopic (exact) mass is 284 g/mol. The Morgan fingerprint density at radius 3 is 2.87 bits per heavy atom. The standard InChI is InChI=1S/C10H9BrN2OS/c1-15-8-4-2-3-6(11)10(8)7-5-9(12)14-13-7/h2-5H,12H2,1H3. The molecule has 1 aromatic heterocycles. The maximum absolute atomic E-state index is 5.51. The van der Waals surface area contributed by atoms with Crippen LogP contribution in [-0.4, -0.2) is 11.4 Å². The molecule has 0 spiro atoms. The van der Waals surface area contributed by atoms with Crippen LogP contribution >= 0.6 is 27.7 Å². The maximum Gasteiger partial charge on any atom is 0.222 e. The van der Waals surface area contributed by atoms with E-state index in [1.54, 1.807) is 17.8 Å². The maximum atomic E-state index is 5.51. The number of nitrogen functional groups attached to an aromatic ring is 1. The number of aromatic nitrogens is 1. The van der Waals surface area contributed by atoms with Crippen molar-refractivity contribution in [2.75, 3.05) is 12.0 Å². The van der Waals surface area contributed by atoms with Gasteiger partial charge in [-0.2, -0.15) is 0 Å². The van der Waals surface area contributed by atoms with E-state index < -0.39 is 0 Å². The summed E-state index contributed by atoms with van der Waals surface area (Å²) in [6.45, 7) is 0. The van der Waals surface area contributed by atoms with Crippen molar-refractivity contribution in [2.45, 2.75) is 4.90 Å². The topological polar surface area (TPSA) is 52.0 Å². The molecule has 78 valence electrons. The first kappa shape index (κ1) is 10.6. The molecule has 0 aliphatic rings. The summed E-state index contributed by atoms with van der Waals surface area (Å²) >= 11 is 5.16. The van der Waals surface area contributed by atoms with Crippen molar-refractivity contribution in [3.8, 4) is 11.3 Å². The van der Waals surface area contributed by atoms with Crippen LogP contribution in [0.15, 0.2) is 38.2 Å². The summed E-state index contributed by atoms with van der Waals surface area (Å²) in [5.74, 6) is 0.327. The average Bonchev–Trinajstić information content (AvgIpc) is 2.64. The molecule has 0 amide bonds. The first-order valence-corrected chi connectivity index (χ1v) is 6.29. The lowest BCUT2D eigenvalue weighted by Gasteiger charge is -2.05. The van der Waals surface area contributed by atoms with Crippen molar-refractivity contribution in [2.24, 2.45) is 0 Å². The number of hydrogen-bond donors (Lipinski definition) is 1. The van der Waals surface area contributed by atoms with Crippen molar-refractivity contribution >= 4 is 33.6 Å². The molecule has 15 heavy (non-hydrogen) atoms. The van der Waals surface area contributed by atoms with Crippen molar-refractivity contribution < 1.29 is 4.52 Å². The van der Waals surface area contributed by atoms with E-state index in [4.69, 9.17) is 10.3 Å². The Kier molecular flexibility index (Phi) is 3.02. The highest BCUT2D eigenvalue weighted by Gasteiger charge is 2.12. The summed E-state index contributed by atoms with van der Waals surface area (Å²) < 4.78 is 5.86. The summed E-state index contributed by atoms with van der Waals surface area (Å²) in [5.41, 5.74) is 7.28. The SMILES string of the molecule is CSc1cccc(Br)c1-c1cc(N)on1. The van der Waals surface area contributed by atoms with Crippen LogP contribution in [0.25, 0.3) is 11.3 Å². The van der Waals surface area contributed by atoms with Gasteiger partial charge in [-0.1, -0.05) is 27.2 Å². The second-order valence-corrected chi connectivity index (χ2v) is 4.63. The fraction of sp³-hybridized carbons (Fsp3) is 0.100. The highest BCUT2D eigenvalue weighted by atomic mass is 79.9. The molecule has 0 aliphatic heterocycles. The van der Waals surface area contributed by atoms with Gasteiger partial charge in [0.2, 0.25) is 5.88 Å². The van der Waals surface area contributed by atoms with E-state index in [1.807, 2.05) is 24.5 Å². The van der Waals surface area contributed by atoms with Crippen LogP contribution in [0.4, 0.5) is 5.88 Å². The molecule has 0 aliphatic carbocycles. The Balaban J connectivity index is 2.60. The van der Waals surface area contributed by atoms with Gasteiger partial charge in [0.05, 0.1) is 0 Å². The molecule has 2 aromatic rings. The van der Waals surface area contributed by atoms with Gasteiger partial charge in [-0.05, 0) is 18.4 Å². The molecule has 1 heterocycles. The summed E-state index contributed by atoms with van der Waals surface area (Å²) in [6.07, 6.45) is 2.02. The van der Waals surface area contributed by atoms with Crippen molar-refractivity contribution in [1.29, 1.82) is 0 Å². The van der Waals surface area contributed by atoms with Crippen molar-refractivity contribution in [3.63, 3.8) is 0 Å². The van der Waals surface area contributed by atoms with Crippen LogP contribution in [0, 0.1) is 0 Å². The van der Waals surface area contributed by atoms with Gasteiger partial charge >= 0.3 is 0 Å². The number of halogens is 1. The zero-order valence-electron chi connectivity index (χ0n) is 8.03. The number of benzene rings is 1. The largest absolute Gasteiger partial charge is 0.368 e. The number of nitrogens with two attached hydrogens (primary N) is 1. The predicted octanol–water partition coefficient (Wildman–Crippen LogP) is 3.41. The Labute approximate surface area is 100 Å². The second kappa shape index (κ2) is 4.28. The molecule has 1 aromatic carbocycles. The van der Waals surface area contributed by atoms with Gasteiger partial charge in [0.25, 0.3) is 0 Å². The number of anilines is 1. The van der Waals surface area contributed by atoms with Crippen LogP contribution in [0.3, 0.4) is 0 Å². The van der Waals surface area contributed by atoms with Crippen LogP contribution < -0.4 is 5.73 Å². The smallest absolute Gasteiger partial charge is 0.222 e. The third-order valence-electron chi connectivity index (χ3n) is 1.98. The van der Waals surface area contributed by atoms with Gasteiger partial charge in [-0.25, -0.2) is 0 Å². The number of thioether (sulfide) groups is 1. The lowest BCUT2D eigenvalue weighted by Crippen LogP contribution is -1.83. The lowest BCUT2D eigenvalue weighted by atomic mass is 10.1. The van der Waals surface area contributed by atoms with Crippen LogP contribution in [0.2, 0.25) is 0 Å². The molecule has 0 radical (unpaired) electrons. The number of rotatable bonds is 2.